The van der Waals surface area contributed by atoms with Gasteiger partial charge in [0.2, 0.25) is 5.58 Å². The first-order valence-corrected chi connectivity index (χ1v) is 7.71. The predicted octanol–water partition coefficient (Wildman–Crippen LogP) is 2.56. The van der Waals surface area contributed by atoms with Crippen LogP contribution in [-0.4, -0.2) is 32.7 Å². The molecule has 0 bridgehead atoms. The monoisotopic (exact) mass is 365 g/mol. The van der Waals surface area contributed by atoms with Gasteiger partial charge in [-0.3, -0.25) is 10.1 Å². The van der Waals surface area contributed by atoms with Crippen molar-refractivity contribution in [3.63, 3.8) is 0 Å². The quantitative estimate of drug-likeness (QED) is 0.331. The summed E-state index contributed by atoms with van der Waals surface area (Å²) in [6, 6.07) is 11.6. The average Bonchev–Trinajstić information content (AvgIpc) is 3.21. The third-order valence-corrected chi connectivity index (χ3v) is 4.03. The van der Waals surface area contributed by atoms with E-state index in [0.717, 1.165) is 5.56 Å². The normalized spacial score (nSPS) is 10.9. The average molecular weight is 365 g/mol. The Kier molecular flexibility index (Phi) is 3.84. The molecule has 0 aliphatic rings. The van der Waals surface area contributed by atoms with Crippen molar-refractivity contribution in [3.05, 3.63) is 63.0 Å². The van der Waals surface area contributed by atoms with Crippen molar-refractivity contribution in [2.24, 2.45) is 0 Å². The lowest BCUT2D eigenvalue weighted by molar-refractivity contribution is -0.383. The predicted molar refractivity (Wildman–Crippen MR) is 94.3 cm³/mol. The molecule has 134 valence electrons. The van der Waals surface area contributed by atoms with E-state index in [4.69, 9.17) is 9.15 Å². The smallest absolute Gasteiger partial charge is 0.347 e. The maximum atomic E-state index is 12.2. The number of nitro benzene ring substituents is 1. The number of benzene rings is 2. The van der Waals surface area contributed by atoms with Gasteiger partial charge < -0.3 is 9.15 Å². The van der Waals surface area contributed by atoms with Gasteiger partial charge >= 0.3 is 11.3 Å². The second-order valence-corrected chi connectivity index (χ2v) is 5.60. The van der Waals surface area contributed by atoms with Crippen LogP contribution in [-0.2, 0) is 0 Å². The molecule has 0 amide bonds. The van der Waals surface area contributed by atoms with Crippen LogP contribution in [0.2, 0.25) is 0 Å². The maximum Gasteiger partial charge on any atom is 0.347 e. The summed E-state index contributed by atoms with van der Waals surface area (Å²) < 4.78 is 10.3. The molecule has 0 saturated carbocycles. The Balaban J connectivity index is 1.97. The largest absolute Gasteiger partial charge is 0.497 e. The van der Waals surface area contributed by atoms with E-state index < -0.39 is 10.5 Å². The summed E-state index contributed by atoms with van der Waals surface area (Å²) in [6.45, 7) is 0. The molecular formula is C17H11N5O5. The number of aromatic nitrogens is 4. The summed E-state index contributed by atoms with van der Waals surface area (Å²) in [5, 5.41) is 24.9. The molecule has 0 spiro atoms. The molecule has 10 heteroatoms. The highest BCUT2D eigenvalue weighted by Gasteiger charge is 2.20. The zero-order chi connectivity index (χ0) is 19.0. The fourth-order valence-electron chi connectivity index (χ4n) is 2.74. The Morgan fingerprint density at radius 3 is 2.56 bits per heavy atom. The lowest BCUT2D eigenvalue weighted by Crippen LogP contribution is -2.05. The van der Waals surface area contributed by atoms with Gasteiger partial charge in [-0.25, -0.2) is 9.89 Å². The van der Waals surface area contributed by atoms with Crippen LogP contribution in [0.25, 0.3) is 33.5 Å². The number of hydrogen-bond acceptors (Lipinski definition) is 8. The van der Waals surface area contributed by atoms with Gasteiger partial charge in [-0.2, -0.15) is 0 Å². The van der Waals surface area contributed by atoms with Crippen molar-refractivity contribution in [2.45, 2.75) is 0 Å². The number of non-ortho nitro benzene ring substituents is 1. The fourth-order valence-corrected chi connectivity index (χ4v) is 2.74. The van der Waals surface area contributed by atoms with E-state index in [9.17, 15) is 14.9 Å². The van der Waals surface area contributed by atoms with E-state index in [1.54, 1.807) is 37.4 Å². The second kappa shape index (κ2) is 6.33. The van der Waals surface area contributed by atoms with E-state index in [0.29, 0.717) is 16.7 Å². The Bertz CT molecular complexity index is 1200. The van der Waals surface area contributed by atoms with Gasteiger partial charge in [0.25, 0.3) is 0 Å². The van der Waals surface area contributed by atoms with E-state index in [2.05, 4.69) is 20.6 Å². The highest BCUT2D eigenvalue weighted by molar-refractivity contribution is 5.92. The van der Waals surface area contributed by atoms with Gasteiger partial charge in [-0.05, 0) is 45.8 Å². The van der Waals surface area contributed by atoms with Gasteiger partial charge in [0.15, 0.2) is 5.82 Å². The van der Waals surface area contributed by atoms with Crippen LogP contribution in [0.4, 0.5) is 5.69 Å². The summed E-state index contributed by atoms with van der Waals surface area (Å²) in [6.07, 6.45) is 0. The zero-order valence-corrected chi connectivity index (χ0v) is 13.9. The zero-order valence-electron chi connectivity index (χ0n) is 13.9. The van der Waals surface area contributed by atoms with Crippen molar-refractivity contribution in [3.8, 4) is 28.3 Å². The molecule has 2 aromatic carbocycles. The molecule has 10 nitrogen and oxygen atoms in total. The fraction of sp³-hybridized carbons (Fsp3) is 0.0588. The van der Waals surface area contributed by atoms with Crippen LogP contribution in [0.3, 0.4) is 0 Å². The minimum absolute atomic E-state index is 0.0775. The number of tetrazole rings is 1. The molecule has 4 aromatic rings. The summed E-state index contributed by atoms with van der Waals surface area (Å²) in [5.74, 6) is 0.781. The summed E-state index contributed by atoms with van der Waals surface area (Å²) in [4.78, 5) is 23.1. The molecule has 1 N–H and O–H groups in total. The molecule has 0 unspecified atom stereocenters. The number of aromatic amines is 1. The highest BCUT2D eigenvalue weighted by Crippen LogP contribution is 2.33. The molecule has 2 aromatic heterocycles. The summed E-state index contributed by atoms with van der Waals surface area (Å²) in [7, 11) is 1.55. The van der Waals surface area contributed by atoms with Crippen molar-refractivity contribution in [2.75, 3.05) is 7.11 Å². The molecule has 0 saturated heterocycles. The number of H-pyrrole nitrogens is 1. The first-order chi connectivity index (χ1) is 13.1. The van der Waals surface area contributed by atoms with E-state index in [-0.39, 0.29) is 22.7 Å². The summed E-state index contributed by atoms with van der Waals surface area (Å²) >= 11 is 0. The maximum absolute atomic E-state index is 12.2. The standard InChI is InChI=1S/C17H11N5O5/c1-26-12-4-2-9(3-5-12)10-6-11-7-13(16-18-20-21-19-16)17(23)27-15(11)14(8-10)22(24)25/h2-8H,1H3,(H,18,19,20,21). The molecule has 0 fully saturated rings. The lowest BCUT2D eigenvalue weighted by Gasteiger charge is -2.07. The van der Waals surface area contributed by atoms with Gasteiger partial charge in [-0.15, -0.1) is 5.10 Å². The number of nitrogens with one attached hydrogen (secondary N) is 1. The third-order valence-electron chi connectivity index (χ3n) is 4.03. The minimum Gasteiger partial charge on any atom is -0.497 e. The first kappa shape index (κ1) is 16.4. The number of fused-ring (bicyclic) bond motifs is 1. The van der Waals surface area contributed by atoms with Crippen LogP contribution < -0.4 is 10.4 Å². The number of nitrogens with zero attached hydrogens (tertiary/aromatic N) is 4. The van der Waals surface area contributed by atoms with Crippen molar-refractivity contribution >= 4 is 16.7 Å². The number of ether oxygens (including phenoxy) is 1. The molecule has 0 aliphatic carbocycles. The van der Waals surface area contributed by atoms with Crippen molar-refractivity contribution in [1.29, 1.82) is 0 Å². The molecular weight excluding hydrogens is 354 g/mol. The third kappa shape index (κ3) is 2.88. The van der Waals surface area contributed by atoms with Crippen LogP contribution in [0.5, 0.6) is 5.75 Å². The molecule has 0 aliphatic heterocycles. The molecule has 2 heterocycles. The van der Waals surface area contributed by atoms with Crippen LogP contribution in [0.1, 0.15) is 0 Å². The number of methoxy groups -OCH3 is 1. The van der Waals surface area contributed by atoms with Crippen molar-refractivity contribution < 1.29 is 14.1 Å². The van der Waals surface area contributed by atoms with Crippen LogP contribution in [0, 0.1) is 10.1 Å². The molecule has 4 rings (SSSR count). The van der Waals surface area contributed by atoms with Crippen LogP contribution in [0.15, 0.2) is 51.7 Å². The number of hydrogen-bond donors (Lipinski definition) is 1. The SMILES string of the molecule is COc1ccc(-c2cc([N+](=O)[O-])c3oc(=O)c(-c4nnn[nH]4)cc3c2)cc1. The van der Waals surface area contributed by atoms with Gasteiger partial charge in [-0.1, -0.05) is 12.1 Å². The van der Waals surface area contributed by atoms with Gasteiger partial charge in [0.1, 0.15) is 11.3 Å². The molecule has 0 atom stereocenters. The Morgan fingerprint density at radius 1 is 1.15 bits per heavy atom. The van der Waals surface area contributed by atoms with E-state index in [1.807, 2.05) is 0 Å². The van der Waals surface area contributed by atoms with E-state index in [1.165, 1.54) is 12.1 Å². The second-order valence-electron chi connectivity index (χ2n) is 5.60. The number of rotatable bonds is 4. The first-order valence-electron chi connectivity index (χ1n) is 7.71. The highest BCUT2D eigenvalue weighted by atomic mass is 16.6. The van der Waals surface area contributed by atoms with Crippen molar-refractivity contribution in [1.82, 2.24) is 20.6 Å². The molecule has 0 radical (unpaired) electrons. The van der Waals surface area contributed by atoms with E-state index >= 15 is 0 Å². The minimum atomic E-state index is -0.777. The molecule has 27 heavy (non-hydrogen) atoms. The Labute approximate surface area is 150 Å². The van der Waals surface area contributed by atoms with Gasteiger partial charge in [0, 0.05) is 11.5 Å². The van der Waals surface area contributed by atoms with Gasteiger partial charge in [0.05, 0.1) is 12.0 Å². The van der Waals surface area contributed by atoms with Crippen LogP contribution >= 0.6 is 0 Å². The number of nitro groups is 1. The topological polar surface area (TPSA) is 137 Å². The lowest BCUT2D eigenvalue weighted by atomic mass is 10.0. The summed E-state index contributed by atoms with van der Waals surface area (Å²) in [5.41, 5.74) is 0.216. The Morgan fingerprint density at radius 2 is 1.93 bits per heavy atom. The Hall–Kier alpha value is -4.08.